The molecule has 0 amide bonds. The molecule has 0 aromatic carbocycles. The Labute approximate surface area is 86.2 Å². The lowest BCUT2D eigenvalue weighted by Gasteiger charge is -2.25. The van der Waals surface area contributed by atoms with E-state index in [-0.39, 0.29) is 0 Å². The normalized spacial score (nSPS) is 21.4. The van der Waals surface area contributed by atoms with Crippen LogP contribution in [0.3, 0.4) is 0 Å². The molecule has 1 atom stereocenters. The lowest BCUT2D eigenvalue weighted by atomic mass is 9.85. The molecule has 1 saturated carbocycles. The summed E-state index contributed by atoms with van der Waals surface area (Å²) >= 11 is 0. The second-order valence-electron chi connectivity index (χ2n) is 4.09. The zero-order chi connectivity index (χ0) is 10.4. The molecule has 0 aromatic rings. The van der Waals surface area contributed by atoms with E-state index in [0.717, 1.165) is 11.8 Å². The van der Waals surface area contributed by atoms with Gasteiger partial charge >= 0.3 is 0 Å². The maximum Gasteiger partial charge on any atom is 0.182 e. The van der Waals surface area contributed by atoms with Crippen LogP contribution in [-0.4, -0.2) is 11.9 Å². The smallest absolute Gasteiger partial charge is 0.182 e. The Bertz CT molecular complexity index is 233. The first-order valence-electron chi connectivity index (χ1n) is 5.43. The minimum Gasteiger partial charge on any atom is -0.281 e. The summed E-state index contributed by atoms with van der Waals surface area (Å²) in [6.45, 7) is 4.00. The van der Waals surface area contributed by atoms with Crippen LogP contribution in [0.15, 0.2) is 4.99 Å². The molecule has 1 fully saturated rings. The predicted octanol–water partition coefficient (Wildman–Crippen LogP) is 2.44. The number of aliphatic imine (C=N–C) groups is 1. The van der Waals surface area contributed by atoms with E-state index in [1.807, 2.05) is 13.1 Å². The van der Waals surface area contributed by atoms with Crippen LogP contribution in [0, 0.1) is 17.4 Å². The highest BCUT2D eigenvalue weighted by atomic mass is 15.0. The van der Waals surface area contributed by atoms with Crippen molar-refractivity contribution < 1.29 is 0 Å². The molecule has 1 rings (SSSR count). The summed E-state index contributed by atoms with van der Waals surface area (Å²) in [5, 5.41) is 11.0. The minimum atomic E-state index is 0.358. The molecule has 3 heteroatoms. The van der Waals surface area contributed by atoms with Crippen molar-refractivity contribution in [3.05, 3.63) is 0 Å². The topological polar surface area (TPSA) is 48.2 Å². The van der Waals surface area contributed by atoms with Crippen molar-refractivity contribution in [2.75, 3.05) is 0 Å². The molecule has 78 valence electrons. The van der Waals surface area contributed by atoms with Gasteiger partial charge in [0.1, 0.15) is 5.84 Å². The van der Waals surface area contributed by atoms with Crippen LogP contribution in [-0.2, 0) is 0 Å². The molecule has 0 bridgehead atoms. The maximum atomic E-state index is 8.42. The fraction of sp³-hybridized carbons (Fsp3) is 0.818. The number of rotatable bonds is 2. The molecule has 0 spiro atoms. The number of nitriles is 1. The molecule has 1 N–H and O–H groups in total. The van der Waals surface area contributed by atoms with Crippen molar-refractivity contribution in [3.8, 4) is 6.19 Å². The van der Waals surface area contributed by atoms with Crippen LogP contribution in [0.2, 0.25) is 0 Å². The second kappa shape index (κ2) is 5.64. The minimum absolute atomic E-state index is 0.358. The molecule has 0 heterocycles. The van der Waals surface area contributed by atoms with Crippen LogP contribution >= 0.6 is 0 Å². The molecule has 0 saturated heterocycles. The summed E-state index contributed by atoms with van der Waals surface area (Å²) < 4.78 is 0. The average Bonchev–Trinajstić information content (AvgIpc) is 2.19. The quantitative estimate of drug-likeness (QED) is 0.317. The Balaban J connectivity index is 2.43. The summed E-state index contributed by atoms with van der Waals surface area (Å²) in [5.41, 5.74) is 0. The molecule has 0 radical (unpaired) electrons. The molecule has 0 aliphatic heterocycles. The van der Waals surface area contributed by atoms with Crippen molar-refractivity contribution in [3.63, 3.8) is 0 Å². The molecule has 1 aliphatic carbocycles. The van der Waals surface area contributed by atoms with Crippen LogP contribution in [0.4, 0.5) is 0 Å². The first kappa shape index (κ1) is 11.0. The molecule has 14 heavy (non-hydrogen) atoms. The molecular formula is C11H19N3. The standard InChI is InChI=1S/C11H19N3/c1-9(14-10(2)13-8-12)11-6-4-3-5-7-11/h9,11H,3-7H2,1-2H3,(H,13,14)/t9-/m0/s1. The Hall–Kier alpha value is -1.04. The molecular weight excluding hydrogens is 174 g/mol. The summed E-state index contributed by atoms with van der Waals surface area (Å²) in [5.74, 6) is 1.46. The van der Waals surface area contributed by atoms with Gasteiger partial charge in [-0.15, -0.1) is 0 Å². The fourth-order valence-electron chi connectivity index (χ4n) is 2.14. The van der Waals surface area contributed by atoms with Gasteiger partial charge in [-0.05, 0) is 32.6 Å². The van der Waals surface area contributed by atoms with E-state index in [1.54, 1.807) is 0 Å². The van der Waals surface area contributed by atoms with Gasteiger partial charge in [0, 0.05) is 0 Å². The molecule has 0 aromatic heterocycles. The van der Waals surface area contributed by atoms with Gasteiger partial charge in [-0.1, -0.05) is 19.3 Å². The van der Waals surface area contributed by atoms with Crippen molar-refractivity contribution in [1.82, 2.24) is 5.32 Å². The largest absolute Gasteiger partial charge is 0.281 e. The summed E-state index contributed by atoms with van der Waals surface area (Å²) in [7, 11) is 0. The third-order valence-electron chi connectivity index (χ3n) is 2.97. The maximum absolute atomic E-state index is 8.42. The first-order chi connectivity index (χ1) is 6.74. The first-order valence-corrected chi connectivity index (χ1v) is 5.43. The zero-order valence-corrected chi connectivity index (χ0v) is 9.08. The van der Waals surface area contributed by atoms with E-state index in [9.17, 15) is 0 Å². The molecule has 1 aliphatic rings. The highest BCUT2D eigenvalue weighted by Crippen LogP contribution is 2.27. The fourth-order valence-corrected chi connectivity index (χ4v) is 2.14. The average molecular weight is 193 g/mol. The van der Waals surface area contributed by atoms with Crippen LogP contribution in [0.1, 0.15) is 46.0 Å². The van der Waals surface area contributed by atoms with Crippen molar-refractivity contribution in [1.29, 1.82) is 5.26 Å². The van der Waals surface area contributed by atoms with Crippen LogP contribution in [0.25, 0.3) is 0 Å². The molecule has 0 unspecified atom stereocenters. The number of nitrogens with zero attached hydrogens (tertiary/aromatic N) is 2. The number of hydrogen-bond acceptors (Lipinski definition) is 2. The lowest BCUT2D eigenvalue weighted by molar-refractivity contribution is 0.317. The van der Waals surface area contributed by atoms with E-state index in [1.165, 1.54) is 32.1 Å². The van der Waals surface area contributed by atoms with Crippen molar-refractivity contribution in [2.24, 2.45) is 10.9 Å². The van der Waals surface area contributed by atoms with E-state index in [2.05, 4.69) is 17.2 Å². The van der Waals surface area contributed by atoms with Gasteiger partial charge in [0.05, 0.1) is 6.04 Å². The third-order valence-corrected chi connectivity index (χ3v) is 2.97. The van der Waals surface area contributed by atoms with Gasteiger partial charge in [0.15, 0.2) is 6.19 Å². The van der Waals surface area contributed by atoms with Gasteiger partial charge in [-0.3, -0.25) is 10.3 Å². The highest BCUT2D eigenvalue weighted by Gasteiger charge is 2.19. The van der Waals surface area contributed by atoms with E-state index in [4.69, 9.17) is 5.26 Å². The van der Waals surface area contributed by atoms with E-state index < -0.39 is 0 Å². The predicted molar refractivity (Wildman–Crippen MR) is 57.9 cm³/mol. The number of hydrogen-bond donors (Lipinski definition) is 1. The van der Waals surface area contributed by atoms with Crippen LogP contribution < -0.4 is 5.32 Å². The van der Waals surface area contributed by atoms with Gasteiger partial charge in [0.2, 0.25) is 0 Å². The zero-order valence-electron chi connectivity index (χ0n) is 9.08. The highest BCUT2D eigenvalue weighted by molar-refractivity contribution is 5.80. The van der Waals surface area contributed by atoms with Gasteiger partial charge in [-0.2, -0.15) is 5.26 Å². The Kier molecular flexibility index (Phi) is 4.45. The third kappa shape index (κ3) is 3.37. The van der Waals surface area contributed by atoms with Crippen LogP contribution in [0.5, 0.6) is 0 Å². The number of amidine groups is 1. The Morgan fingerprint density at radius 3 is 2.64 bits per heavy atom. The van der Waals surface area contributed by atoms with E-state index in [0.29, 0.717) is 6.04 Å². The SMILES string of the molecule is CC(=N[C@@H](C)C1CCCCC1)NC#N. The summed E-state index contributed by atoms with van der Waals surface area (Å²) in [6, 6.07) is 0.358. The lowest BCUT2D eigenvalue weighted by Crippen LogP contribution is -2.23. The summed E-state index contributed by atoms with van der Waals surface area (Å²) in [4.78, 5) is 4.47. The number of nitrogens with one attached hydrogen (secondary N) is 1. The van der Waals surface area contributed by atoms with Gasteiger partial charge < -0.3 is 0 Å². The van der Waals surface area contributed by atoms with E-state index >= 15 is 0 Å². The van der Waals surface area contributed by atoms with Gasteiger partial charge in [0.25, 0.3) is 0 Å². The Morgan fingerprint density at radius 2 is 2.07 bits per heavy atom. The van der Waals surface area contributed by atoms with Crippen molar-refractivity contribution >= 4 is 5.84 Å². The monoisotopic (exact) mass is 193 g/mol. The summed E-state index contributed by atoms with van der Waals surface area (Å²) in [6.07, 6.45) is 8.55. The molecule has 3 nitrogen and oxygen atoms in total. The van der Waals surface area contributed by atoms with Gasteiger partial charge in [-0.25, -0.2) is 0 Å². The second-order valence-corrected chi connectivity index (χ2v) is 4.09. The Morgan fingerprint density at radius 1 is 1.43 bits per heavy atom. The van der Waals surface area contributed by atoms with Crippen molar-refractivity contribution in [2.45, 2.75) is 52.0 Å².